The van der Waals surface area contributed by atoms with Crippen molar-refractivity contribution in [3.63, 3.8) is 0 Å². The highest BCUT2D eigenvalue weighted by Crippen LogP contribution is 2.30. The zero-order chi connectivity index (χ0) is 19.8. The van der Waals surface area contributed by atoms with E-state index in [0.717, 1.165) is 6.07 Å². The number of hydrazone groups is 1. The number of carbonyl (C=O) groups is 1. The highest BCUT2D eigenvalue weighted by molar-refractivity contribution is 7.13. The fourth-order valence-electron chi connectivity index (χ4n) is 2.64. The molecule has 5 N–H and O–H groups in total. The molecule has 3 aromatic rings. The molecule has 142 valence electrons. The molecule has 0 aliphatic carbocycles. The van der Waals surface area contributed by atoms with Crippen molar-refractivity contribution in [2.45, 2.75) is 0 Å². The number of rotatable bonds is 4. The summed E-state index contributed by atoms with van der Waals surface area (Å²) in [6.07, 6.45) is 1.50. The van der Waals surface area contributed by atoms with Crippen molar-refractivity contribution in [3.05, 3.63) is 64.7 Å². The van der Waals surface area contributed by atoms with Crippen molar-refractivity contribution in [3.8, 4) is 10.4 Å². The minimum Gasteiger partial charge on any atom is -0.478 e. The monoisotopic (exact) mass is 402 g/mol. The quantitative estimate of drug-likeness (QED) is 0.530. The number of pyridine rings is 1. The number of hydrogen-bond acceptors (Lipinski definition) is 8. The van der Waals surface area contributed by atoms with Gasteiger partial charge < -0.3 is 10.8 Å². The molecule has 1 aliphatic rings. The Balaban J connectivity index is 1.75. The summed E-state index contributed by atoms with van der Waals surface area (Å²) >= 11 is 1.23. The van der Waals surface area contributed by atoms with Crippen molar-refractivity contribution in [1.29, 1.82) is 0 Å². The molecule has 4 rings (SSSR count). The minimum absolute atomic E-state index is 0.0992. The van der Waals surface area contributed by atoms with Crippen molar-refractivity contribution in [2.24, 2.45) is 5.10 Å². The van der Waals surface area contributed by atoms with Gasteiger partial charge in [-0.3, -0.25) is 0 Å². The van der Waals surface area contributed by atoms with Crippen LogP contribution in [0.25, 0.3) is 10.4 Å². The number of hydrogen-bond donors (Lipinski definition) is 4. The SMILES string of the molecule is Nc1ncc(-c2cc(C(=O)O)cs2)cc1C1=NNNN1c1cccc(F)c1F. The van der Waals surface area contributed by atoms with Crippen LogP contribution in [0.5, 0.6) is 0 Å². The number of halogens is 2. The van der Waals surface area contributed by atoms with Gasteiger partial charge in [0.2, 0.25) is 0 Å². The zero-order valence-electron chi connectivity index (χ0n) is 14.0. The van der Waals surface area contributed by atoms with Crippen LogP contribution in [0.2, 0.25) is 0 Å². The molecule has 3 heterocycles. The predicted octanol–water partition coefficient (Wildman–Crippen LogP) is 2.56. The molecule has 0 atom stereocenters. The lowest BCUT2D eigenvalue weighted by Crippen LogP contribution is -2.42. The first-order valence-electron chi connectivity index (χ1n) is 7.86. The first-order chi connectivity index (χ1) is 13.5. The van der Waals surface area contributed by atoms with Crippen LogP contribution in [-0.4, -0.2) is 21.9 Å². The Kier molecular flexibility index (Phi) is 4.37. The predicted molar refractivity (Wildman–Crippen MR) is 101 cm³/mol. The number of benzene rings is 1. The largest absolute Gasteiger partial charge is 0.478 e. The number of anilines is 2. The van der Waals surface area contributed by atoms with Gasteiger partial charge >= 0.3 is 5.97 Å². The average molecular weight is 402 g/mol. The van der Waals surface area contributed by atoms with Crippen LogP contribution in [0.3, 0.4) is 0 Å². The molecule has 0 saturated carbocycles. The van der Waals surface area contributed by atoms with Crippen LogP contribution in [0, 0.1) is 11.6 Å². The van der Waals surface area contributed by atoms with Gasteiger partial charge in [-0.25, -0.2) is 29.1 Å². The second kappa shape index (κ2) is 6.87. The second-order valence-electron chi connectivity index (χ2n) is 5.73. The number of amidine groups is 1. The lowest BCUT2D eigenvalue weighted by atomic mass is 10.1. The molecular formula is C17H12F2N6O2S. The van der Waals surface area contributed by atoms with Crippen molar-refractivity contribution >= 4 is 34.6 Å². The van der Waals surface area contributed by atoms with Crippen molar-refractivity contribution in [2.75, 3.05) is 10.7 Å². The van der Waals surface area contributed by atoms with Gasteiger partial charge in [0.05, 0.1) is 11.1 Å². The Morgan fingerprint density at radius 1 is 1.29 bits per heavy atom. The summed E-state index contributed by atoms with van der Waals surface area (Å²) in [7, 11) is 0. The van der Waals surface area contributed by atoms with Gasteiger partial charge in [-0.2, -0.15) is 0 Å². The number of thiophene rings is 1. The fraction of sp³-hybridized carbons (Fsp3) is 0. The average Bonchev–Trinajstić information content (AvgIpc) is 3.34. The smallest absolute Gasteiger partial charge is 0.336 e. The number of nitrogens with one attached hydrogen (secondary N) is 2. The Hall–Kier alpha value is -3.57. The van der Waals surface area contributed by atoms with Gasteiger partial charge in [-0.15, -0.1) is 22.0 Å². The van der Waals surface area contributed by atoms with Crippen LogP contribution in [-0.2, 0) is 0 Å². The molecule has 8 nitrogen and oxygen atoms in total. The Morgan fingerprint density at radius 3 is 2.86 bits per heavy atom. The molecule has 0 radical (unpaired) electrons. The minimum atomic E-state index is -1.06. The van der Waals surface area contributed by atoms with Crippen LogP contribution in [0.4, 0.5) is 20.3 Å². The molecule has 28 heavy (non-hydrogen) atoms. The summed E-state index contributed by atoms with van der Waals surface area (Å²) in [5, 5.41) is 15.8. The maximum atomic E-state index is 14.2. The normalized spacial score (nSPS) is 13.4. The number of hydrazine groups is 2. The summed E-state index contributed by atoms with van der Waals surface area (Å²) in [5.74, 6) is -2.81. The van der Waals surface area contributed by atoms with E-state index >= 15 is 0 Å². The molecule has 1 aliphatic heterocycles. The van der Waals surface area contributed by atoms with Crippen molar-refractivity contribution < 1.29 is 18.7 Å². The van der Waals surface area contributed by atoms with E-state index in [2.05, 4.69) is 21.2 Å². The molecule has 11 heteroatoms. The third-order valence-corrected chi connectivity index (χ3v) is 4.98. The highest BCUT2D eigenvalue weighted by Gasteiger charge is 2.27. The van der Waals surface area contributed by atoms with Gasteiger partial charge in [0.25, 0.3) is 0 Å². The lowest BCUT2D eigenvalue weighted by Gasteiger charge is -2.20. The summed E-state index contributed by atoms with van der Waals surface area (Å²) in [4.78, 5) is 15.9. The number of nitrogen functional groups attached to an aromatic ring is 1. The fourth-order valence-corrected chi connectivity index (χ4v) is 3.51. The number of aromatic carboxylic acids is 1. The summed E-state index contributed by atoms with van der Waals surface area (Å²) < 4.78 is 27.8. The summed E-state index contributed by atoms with van der Waals surface area (Å²) in [6, 6.07) is 6.91. The van der Waals surface area contributed by atoms with E-state index in [1.54, 1.807) is 6.07 Å². The van der Waals surface area contributed by atoms with E-state index in [0.29, 0.717) is 16.0 Å². The Bertz CT molecular complexity index is 1120. The maximum absolute atomic E-state index is 14.2. The number of carboxylic acid groups (broad SMARTS) is 1. The van der Waals surface area contributed by atoms with E-state index in [-0.39, 0.29) is 22.9 Å². The van der Waals surface area contributed by atoms with Gasteiger partial charge in [-0.1, -0.05) is 6.07 Å². The third kappa shape index (κ3) is 3.02. The van der Waals surface area contributed by atoms with Gasteiger partial charge in [0.1, 0.15) is 11.5 Å². The summed E-state index contributed by atoms with van der Waals surface area (Å²) in [6.45, 7) is 0. The van der Waals surface area contributed by atoms with E-state index in [9.17, 15) is 13.6 Å². The number of nitrogens with two attached hydrogens (primary N) is 1. The van der Waals surface area contributed by atoms with Crippen LogP contribution >= 0.6 is 11.3 Å². The highest BCUT2D eigenvalue weighted by atomic mass is 32.1. The standard InChI is InChI=1S/C17H12F2N6O2S/c18-11-2-1-3-12(14(11)19)25-16(22-23-24-25)10-4-8(6-21-15(10)20)13-5-9(7-28-13)17(26)27/h1-7,23-24H,(H2,20,21)(H,26,27). The second-order valence-corrected chi connectivity index (χ2v) is 6.64. The van der Waals surface area contributed by atoms with E-state index < -0.39 is 17.6 Å². The molecule has 0 fully saturated rings. The van der Waals surface area contributed by atoms with Crippen LogP contribution in [0.1, 0.15) is 15.9 Å². The first-order valence-corrected chi connectivity index (χ1v) is 8.74. The maximum Gasteiger partial charge on any atom is 0.336 e. The number of aromatic nitrogens is 1. The van der Waals surface area contributed by atoms with Crippen molar-refractivity contribution in [1.82, 2.24) is 16.1 Å². The number of nitrogens with zero attached hydrogens (tertiary/aromatic N) is 3. The Morgan fingerprint density at radius 2 is 2.11 bits per heavy atom. The van der Waals surface area contributed by atoms with Crippen LogP contribution in [0.15, 0.2) is 47.0 Å². The van der Waals surface area contributed by atoms with E-state index in [1.807, 2.05) is 0 Å². The van der Waals surface area contributed by atoms with Gasteiger partial charge in [-0.05, 0) is 24.3 Å². The molecular weight excluding hydrogens is 390 g/mol. The van der Waals surface area contributed by atoms with E-state index in [4.69, 9.17) is 10.8 Å². The first kappa shape index (κ1) is 17.8. The van der Waals surface area contributed by atoms with E-state index in [1.165, 1.54) is 46.1 Å². The molecule has 0 bridgehead atoms. The van der Waals surface area contributed by atoms with Crippen LogP contribution < -0.4 is 21.8 Å². The lowest BCUT2D eigenvalue weighted by molar-refractivity contribution is 0.0697. The molecule has 0 saturated heterocycles. The zero-order valence-corrected chi connectivity index (χ0v) is 14.8. The third-order valence-electron chi connectivity index (χ3n) is 4.00. The molecule has 0 spiro atoms. The number of carboxylic acids is 1. The topological polar surface area (TPSA) is 116 Å². The Labute approximate surface area is 160 Å². The van der Waals surface area contributed by atoms with Gasteiger partial charge in [0, 0.05) is 22.0 Å². The molecule has 0 amide bonds. The molecule has 1 aromatic carbocycles. The molecule has 2 aromatic heterocycles. The molecule has 0 unspecified atom stereocenters. The summed E-state index contributed by atoms with van der Waals surface area (Å²) in [5.41, 5.74) is 12.1. The van der Waals surface area contributed by atoms with Gasteiger partial charge in [0.15, 0.2) is 17.5 Å².